The minimum Gasteiger partial charge on any atom is -0.484 e. The van der Waals surface area contributed by atoms with Crippen LogP contribution in [0.3, 0.4) is 0 Å². The maximum Gasteiger partial charge on any atom is 0.289 e. The number of ether oxygens (including phenoxy) is 1. The van der Waals surface area contributed by atoms with Crippen molar-refractivity contribution in [2.24, 2.45) is 0 Å². The number of aromatic nitrogens is 2. The van der Waals surface area contributed by atoms with Crippen LogP contribution in [0.4, 0.5) is 0 Å². The monoisotopic (exact) mass is 493 g/mol. The van der Waals surface area contributed by atoms with Gasteiger partial charge in [-0.3, -0.25) is 30.2 Å². The Morgan fingerprint density at radius 1 is 1.03 bits per heavy atom. The number of aryl methyl sites for hydroxylation is 2. The smallest absolute Gasteiger partial charge is 0.289 e. The molecule has 3 heterocycles. The number of likely N-dealkylation sites (tertiary alicyclic amines) is 1. The highest BCUT2D eigenvalue weighted by Crippen LogP contribution is 2.30. The topological polar surface area (TPSA) is 114 Å². The van der Waals surface area contributed by atoms with E-state index in [2.05, 4.69) is 20.8 Å². The van der Waals surface area contributed by atoms with Crippen molar-refractivity contribution in [1.29, 1.82) is 0 Å². The molecule has 3 aromatic rings. The second-order valence-corrected chi connectivity index (χ2v) is 9.29. The number of nitrogens with zero attached hydrogens (tertiary/aromatic N) is 3. The number of carbonyl (C=O) groups excluding carboxylic acids is 3. The largest absolute Gasteiger partial charge is 0.484 e. The van der Waals surface area contributed by atoms with Crippen LogP contribution in [0.25, 0.3) is 0 Å². The zero-order valence-corrected chi connectivity index (χ0v) is 20.4. The third-order valence-electron chi connectivity index (χ3n) is 6.02. The van der Waals surface area contributed by atoms with Crippen molar-refractivity contribution >= 4 is 29.1 Å². The molecule has 3 amide bonds. The first kappa shape index (κ1) is 24.3. The number of pyridine rings is 1. The molecule has 0 saturated carbocycles. The van der Waals surface area contributed by atoms with E-state index in [1.807, 2.05) is 36.9 Å². The first-order valence-electron chi connectivity index (χ1n) is 11.3. The summed E-state index contributed by atoms with van der Waals surface area (Å²) in [4.78, 5) is 47.2. The van der Waals surface area contributed by atoms with Gasteiger partial charge in [0.05, 0.1) is 5.01 Å². The number of piperidine rings is 1. The molecule has 0 radical (unpaired) electrons. The molecule has 0 unspecified atom stereocenters. The van der Waals surface area contributed by atoms with Crippen LogP contribution in [0.1, 0.15) is 55.7 Å². The van der Waals surface area contributed by atoms with Crippen molar-refractivity contribution in [3.8, 4) is 5.75 Å². The maximum atomic E-state index is 12.6. The Morgan fingerprint density at radius 3 is 2.46 bits per heavy atom. The predicted octanol–water partition coefficient (Wildman–Crippen LogP) is 3.01. The molecule has 9 nitrogen and oxygen atoms in total. The molecular formula is C25H27N5O4S. The normalized spacial score (nSPS) is 13.8. The number of carbonyl (C=O) groups is 3. The molecule has 1 aliphatic rings. The van der Waals surface area contributed by atoms with Crippen molar-refractivity contribution in [2.45, 2.75) is 32.6 Å². The van der Waals surface area contributed by atoms with E-state index in [0.717, 1.165) is 23.4 Å². The minimum absolute atomic E-state index is 0.0138. The first-order chi connectivity index (χ1) is 16.9. The standard InChI is InChI=1S/C25H27N5O4S/c1-16-3-4-20(13-17(16)2)34-14-22(31)30-11-7-19(8-12-30)25-27-21(15-35-25)24(33)29-28-23(32)18-5-9-26-10-6-18/h3-6,9-10,13,15,19H,7-8,11-12,14H2,1-2H3,(H,28,32)(H,29,33). The summed E-state index contributed by atoms with van der Waals surface area (Å²) in [6.07, 6.45) is 4.53. The lowest BCUT2D eigenvalue weighted by Crippen LogP contribution is -2.42. The second-order valence-electron chi connectivity index (χ2n) is 8.40. The van der Waals surface area contributed by atoms with Gasteiger partial charge in [0.25, 0.3) is 17.7 Å². The lowest BCUT2D eigenvalue weighted by Gasteiger charge is -2.31. The zero-order chi connectivity index (χ0) is 24.8. The number of rotatable bonds is 6. The Balaban J connectivity index is 1.23. The number of hydrogen-bond acceptors (Lipinski definition) is 7. The summed E-state index contributed by atoms with van der Waals surface area (Å²) in [6, 6.07) is 8.90. The van der Waals surface area contributed by atoms with Crippen LogP contribution in [-0.2, 0) is 4.79 Å². The molecule has 35 heavy (non-hydrogen) atoms. The number of benzene rings is 1. The van der Waals surface area contributed by atoms with Crippen LogP contribution in [-0.4, -0.2) is 52.3 Å². The molecule has 4 rings (SSSR count). The predicted molar refractivity (Wildman–Crippen MR) is 131 cm³/mol. The molecule has 2 aromatic heterocycles. The van der Waals surface area contributed by atoms with E-state index in [-0.39, 0.29) is 24.1 Å². The van der Waals surface area contributed by atoms with Gasteiger partial charge in [0.15, 0.2) is 6.61 Å². The van der Waals surface area contributed by atoms with Crippen molar-refractivity contribution in [2.75, 3.05) is 19.7 Å². The zero-order valence-electron chi connectivity index (χ0n) is 19.6. The summed E-state index contributed by atoms with van der Waals surface area (Å²) in [5.41, 5.74) is 7.71. The SMILES string of the molecule is Cc1ccc(OCC(=O)N2CCC(c3nc(C(=O)NNC(=O)c4ccncc4)cs3)CC2)cc1C. The Morgan fingerprint density at radius 2 is 1.74 bits per heavy atom. The Bertz CT molecular complexity index is 1210. The molecule has 1 fully saturated rings. The average molecular weight is 494 g/mol. The number of hydrogen-bond donors (Lipinski definition) is 2. The highest BCUT2D eigenvalue weighted by Gasteiger charge is 2.26. The van der Waals surface area contributed by atoms with Crippen LogP contribution < -0.4 is 15.6 Å². The van der Waals surface area contributed by atoms with Gasteiger partial charge >= 0.3 is 0 Å². The molecule has 182 valence electrons. The van der Waals surface area contributed by atoms with Crippen LogP contribution in [0.2, 0.25) is 0 Å². The van der Waals surface area contributed by atoms with Crippen molar-refractivity contribution in [3.05, 3.63) is 75.5 Å². The average Bonchev–Trinajstić information content (AvgIpc) is 3.39. The Hall–Kier alpha value is -3.79. The highest BCUT2D eigenvalue weighted by molar-refractivity contribution is 7.09. The maximum absolute atomic E-state index is 12.6. The van der Waals surface area contributed by atoms with E-state index in [9.17, 15) is 14.4 Å². The van der Waals surface area contributed by atoms with Gasteiger partial charge in [-0.15, -0.1) is 11.3 Å². The van der Waals surface area contributed by atoms with Crippen LogP contribution in [0.5, 0.6) is 5.75 Å². The summed E-state index contributed by atoms with van der Waals surface area (Å²) < 4.78 is 5.69. The quantitative estimate of drug-likeness (QED) is 0.511. The molecular weight excluding hydrogens is 466 g/mol. The van der Waals surface area contributed by atoms with Crippen molar-refractivity contribution in [1.82, 2.24) is 25.7 Å². The lowest BCUT2D eigenvalue weighted by atomic mass is 9.97. The third-order valence-corrected chi connectivity index (χ3v) is 7.03. The molecule has 1 saturated heterocycles. The van der Waals surface area contributed by atoms with E-state index < -0.39 is 11.8 Å². The van der Waals surface area contributed by atoms with Crippen LogP contribution >= 0.6 is 11.3 Å². The fraction of sp³-hybridized carbons (Fsp3) is 0.320. The van der Waals surface area contributed by atoms with Gasteiger partial charge in [-0.1, -0.05) is 6.07 Å². The Labute approximate surface area is 207 Å². The van der Waals surface area contributed by atoms with Gasteiger partial charge in [-0.2, -0.15) is 0 Å². The van der Waals surface area contributed by atoms with E-state index >= 15 is 0 Å². The molecule has 2 N–H and O–H groups in total. The summed E-state index contributed by atoms with van der Waals surface area (Å²) in [5, 5.41) is 2.53. The number of thiazole rings is 1. The van der Waals surface area contributed by atoms with Crippen LogP contribution in [0.15, 0.2) is 48.1 Å². The fourth-order valence-corrected chi connectivity index (χ4v) is 4.72. The number of nitrogens with one attached hydrogen (secondary N) is 2. The molecule has 0 atom stereocenters. The first-order valence-corrected chi connectivity index (χ1v) is 12.2. The van der Waals surface area contributed by atoms with E-state index in [1.54, 1.807) is 17.5 Å². The van der Waals surface area contributed by atoms with Gasteiger partial charge in [0, 0.05) is 42.3 Å². The van der Waals surface area contributed by atoms with Crippen LogP contribution in [0, 0.1) is 13.8 Å². The van der Waals surface area contributed by atoms with Gasteiger partial charge in [0.2, 0.25) is 0 Å². The summed E-state index contributed by atoms with van der Waals surface area (Å²) in [7, 11) is 0. The third kappa shape index (κ3) is 6.21. The summed E-state index contributed by atoms with van der Waals surface area (Å²) in [5.74, 6) is -0.0776. The van der Waals surface area contributed by atoms with E-state index in [1.165, 1.54) is 29.3 Å². The molecule has 10 heteroatoms. The van der Waals surface area contributed by atoms with Gasteiger partial charge in [0.1, 0.15) is 11.4 Å². The lowest BCUT2D eigenvalue weighted by molar-refractivity contribution is -0.134. The van der Waals surface area contributed by atoms with Crippen molar-refractivity contribution in [3.63, 3.8) is 0 Å². The molecule has 1 aromatic carbocycles. The second kappa shape index (κ2) is 11.1. The summed E-state index contributed by atoms with van der Waals surface area (Å²) >= 11 is 1.41. The summed E-state index contributed by atoms with van der Waals surface area (Å²) in [6.45, 7) is 5.29. The minimum atomic E-state index is -0.481. The number of amides is 3. The van der Waals surface area contributed by atoms with Gasteiger partial charge in [-0.05, 0) is 62.1 Å². The molecule has 0 spiro atoms. The van der Waals surface area contributed by atoms with E-state index in [0.29, 0.717) is 24.4 Å². The molecule has 0 bridgehead atoms. The number of hydrazine groups is 1. The Kier molecular flexibility index (Phi) is 7.71. The molecule has 0 aliphatic carbocycles. The fourth-order valence-electron chi connectivity index (χ4n) is 3.75. The van der Waals surface area contributed by atoms with Gasteiger partial charge < -0.3 is 9.64 Å². The van der Waals surface area contributed by atoms with Gasteiger partial charge in [-0.25, -0.2) is 4.98 Å². The molecule has 1 aliphatic heterocycles. The van der Waals surface area contributed by atoms with E-state index in [4.69, 9.17) is 4.74 Å². The van der Waals surface area contributed by atoms with Crippen molar-refractivity contribution < 1.29 is 19.1 Å². The highest BCUT2D eigenvalue weighted by atomic mass is 32.1.